The van der Waals surface area contributed by atoms with E-state index >= 15 is 0 Å². The summed E-state index contributed by atoms with van der Waals surface area (Å²) in [5.74, 6) is 2.06. The van der Waals surface area contributed by atoms with E-state index in [1.165, 1.54) is 36.1 Å². The van der Waals surface area contributed by atoms with E-state index in [9.17, 15) is 0 Å². The molecule has 0 aromatic heterocycles. The van der Waals surface area contributed by atoms with Crippen molar-refractivity contribution in [2.75, 3.05) is 6.54 Å². The summed E-state index contributed by atoms with van der Waals surface area (Å²) in [5, 5.41) is 4.30. The zero-order valence-corrected chi connectivity index (χ0v) is 12.0. The van der Waals surface area contributed by atoms with Crippen LogP contribution in [0.1, 0.15) is 38.2 Å². The van der Waals surface area contributed by atoms with Gasteiger partial charge in [-0.25, -0.2) is 0 Å². The van der Waals surface area contributed by atoms with Crippen LogP contribution in [0, 0.1) is 11.8 Å². The maximum Gasteiger partial charge on any atom is 0.0205 e. The first-order valence-electron chi connectivity index (χ1n) is 7.31. The summed E-state index contributed by atoms with van der Waals surface area (Å²) in [7, 11) is 0. The van der Waals surface area contributed by atoms with Crippen LogP contribution in [0.5, 0.6) is 0 Å². The average molecular weight is 261 g/mol. The minimum absolute atomic E-state index is 0.901. The van der Waals surface area contributed by atoms with Crippen molar-refractivity contribution in [1.82, 2.24) is 5.32 Å². The van der Waals surface area contributed by atoms with E-state index in [1.54, 1.807) is 0 Å². The molecule has 1 aromatic rings. The molecule has 2 saturated carbocycles. The van der Waals surface area contributed by atoms with Crippen LogP contribution < -0.4 is 5.32 Å². The lowest BCUT2D eigenvalue weighted by atomic mass is 10.0. The fourth-order valence-corrected chi connectivity index (χ4v) is 5.04. The van der Waals surface area contributed by atoms with Gasteiger partial charge in [-0.3, -0.25) is 0 Å². The molecule has 2 aliphatic rings. The lowest BCUT2D eigenvalue weighted by Gasteiger charge is -2.21. The summed E-state index contributed by atoms with van der Waals surface area (Å²) in [4.78, 5) is 1.47. The molecule has 2 heteroatoms. The third-order valence-electron chi connectivity index (χ3n) is 4.44. The molecule has 98 valence electrons. The number of nitrogens with one attached hydrogen (secondary N) is 1. The van der Waals surface area contributed by atoms with E-state index in [2.05, 4.69) is 48.3 Å². The van der Waals surface area contributed by atoms with E-state index in [1.807, 2.05) is 0 Å². The fourth-order valence-electron chi connectivity index (χ4n) is 3.50. The molecular formula is C16H23NS. The van der Waals surface area contributed by atoms with Gasteiger partial charge >= 0.3 is 0 Å². The molecule has 0 radical (unpaired) electrons. The van der Waals surface area contributed by atoms with Crippen LogP contribution >= 0.6 is 11.8 Å². The molecule has 0 spiro atoms. The van der Waals surface area contributed by atoms with Crippen molar-refractivity contribution >= 4 is 11.8 Å². The summed E-state index contributed by atoms with van der Waals surface area (Å²) < 4.78 is 0. The Kier molecular flexibility index (Phi) is 3.95. The number of hydrogen-bond acceptors (Lipinski definition) is 2. The Bertz CT molecular complexity index is 404. The third-order valence-corrected chi connectivity index (χ3v) is 5.84. The number of rotatable bonds is 5. The summed E-state index contributed by atoms with van der Waals surface area (Å²) in [6, 6.07) is 9.10. The number of fused-ring (bicyclic) bond motifs is 2. The first-order valence-corrected chi connectivity index (χ1v) is 8.19. The molecular weight excluding hydrogens is 238 g/mol. The largest absolute Gasteiger partial charge is 0.313 e. The van der Waals surface area contributed by atoms with E-state index < -0.39 is 0 Å². The van der Waals surface area contributed by atoms with Crippen LogP contribution in [0.4, 0.5) is 0 Å². The van der Waals surface area contributed by atoms with Gasteiger partial charge in [0, 0.05) is 16.7 Å². The molecule has 0 heterocycles. The molecule has 18 heavy (non-hydrogen) atoms. The van der Waals surface area contributed by atoms with Gasteiger partial charge in [0.2, 0.25) is 0 Å². The topological polar surface area (TPSA) is 12.0 Å². The lowest BCUT2D eigenvalue weighted by molar-refractivity contribution is 0.492. The number of benzene rings is 1. The molecule has 0 saturated heterocycles. The molecule has 1 nitrogen and oxygen atoms in total. The van der Waals surface area contributed by atoms with Gasteiger partial charge in [-0.15, -0.1) is 11.8 Å². The Morgan fingerprint density at radius 2 is 2.22 bits per heavy atom. The van der Waals surface area contributed by atoms with Crippen LogP contribution in [-0.4, -0.2) is 11.8 Å². The SMILES string of the molecule is CCNCc1cccc(SC2CC3CCC2C3)c1. The normalized spacial score (nSPS) is 29.9. The van der Waals surface area contributed by atoms with Crippen LogP contribution in [-0.2, 0) is 6.54 Å². The maximum absolute atomic E-state index is 3.40. The summed E-state index contributed by atoms with van der Waals surface area (Å²) in [6.07, 6.45) is 5.96. The standard InChI is InChI=1S/C16H23NS/c1-2-17-11-13-4-3-5-15(9-13)18-16-10-12-6-7-14(16)8-12/h3-5,9,12,14,16-17H,2,6-8,10-11H2,1H3. The molecule has 0 amide bonds. The quantitative estimate of drug-likeness (QED) is 0.857. The smallest absolute Gasteiger partial charge is 0.0205 e. The second kappa shape index (κ2) is 5.66. The predicted molar refractivity (Wildman–Crippen MR) is 78.9 cm³/mol. The molecule has 3 unspecified atom stereocenters. The van der Waals surface area contributed by atoms with Gasteiger partial charge in [0.05, 0.1) is 0 Å². The average Bonchev–Trinajstić information content (AvgIpc) is 2.99. The monoisotopic (exact) mass is 261 g/mol. The molecule has 2 fully saturated rings. The maximum atomic E-state index is 3.40. The van der Waals surface area contributed by atoms with Crippen LogP contribution in [0.3, 0.4) is 0 Å². The molecule has 2 aliphatic carbocycles. The minimum atomic E-state index is 0.901. The van der Waals surface area contributed by atoms with Crippen LogP contribution in [0.15, 0.2) is 29.2 Å². The van der Waals surface area contributed by atoms with Crippen molar-refractivity contribution in [2.45, 2.75) is 49.3 Å². The summed E-state index contributed by atoms with van der Waals surface area (Å²) >= 11 is 2.13. The van der Waals surface area contributed by atoms with E-state index in [0.717, 1.165) is 30.2 Å². The summed E-state index contributed by atoms with van der Waals surface area (Å²) in [5.41, 5.74) is 1.42. The predicted octanol–water partition coefficient (Wildman–Crippen LogP) is 4.08. The van der Waals surface area contributed by atoms with Crippen molar-refractivity contribution in [2.24, 2.45) is 11.8 Å². The highest BCUT2D eigenvalue weighted by Gasteiger charge is 2.39. The lowest BCUT2D eigenvalue weighted by Crippen LogP contribution is -2.13. The van der Waals surface area contributed by atoms with Crippen molar-refractivity contribution in [3.05, 3.63) is 29.8 Å². The van der Waals surface area contributed by atoms with Crippen LogP contribution in [0.2, 0.25) is 0 Å². The van der Waals surface area contributed by atoms with Gasteiger partial charge in [0.25, 0.3) is 0 Å². The Hall–Kier alpha value is -0.470. The summed E-state index contributed by atoms with van der Waals surface area (Å²) in [6.45, 7) is 4.21. The number of hydrogen-bond donors (Lipinski definition) is 1. The van der Waals surface area contributed by atoms with Crippen molar-refractivity contribution in [3.8, 4) is 0 Å². The van der Waals surface area contributed by atoms with Gasteiger partial charge in [0.1, 0.15) is 0 Å². The minimum Gasteiger partial charge on any atom is -0.313 e. The molecule has 2 bridgehead atoms. The highest BCUT2D eigenvalue weighted by atomic mass is 32.2. The first kappa shape index (κ1) is 12.6. The van der Waals surface area contributed by atoms with Gasteiger partial charge in [0.15, 0.2) is 0 Å². The molecule has 1 N–H and O–H groups in total. The highest BCUT2D eigenvalue weighted by molar-refractivity contribution is 8.00. The first-order chi connectivity index (χ1) is 8.85. The zero-order chi connectivity index (χ0) is 12.4. The van der Waals surface area contributed by atoms with Crippen LogP contribution in [0.25, 0.3) is 0 Å². The Balaban J connectivity index is 1.62. The van der Waals surface area contributed by atoms with Crippen molar-refractivity contribution in [1.29, 1.82) is 0 Å². The van der Waals surface area contributed by atoms with Crippen molar-refractivity contribution < 1.29 is 0 Å². The molecule has 3 atom stereocenters. The Morgan fingerprint density at radius 1 is 1.28 bits per heavy atom. The van der Waals surface area contributed by atoms with E-state index in [4.69, 9.17) is 0 Å². The van der Waals surface area contributed by atoms with Crippen molar-refractivity contribution in [3.63, 3.8) is 0 Å². The van der Waals surface area contributed by atoms with E-state index in [-0.39, 0.29) is 0 Å². The number of thioether (sulfide) groups is 1. The molecule has 0 aliphatic heterocycles. The van der Waals surface area contributed by atoms with Gasteiger partial charge in [-0.2, -0.15) is 0 Å². The second-order valence-electron chi connectivity index (χ2n) is 5.76. The Morgan fingerprint density at radius 3 is 2.94 bits per heavy atom. The fraction of sp³-hybridized carbons (Fsp3) is 0.625. The van der Waals surface area contributed by atoms with Gasteiger partial charge in [-0.1, -0.05) is 25.5 Å². The second-order valence-corrected chi connectivity index (χ2v) is 7.07. The highest BCUT2D eigenvalue weighted by Crippen LogP contribution is 2.50. The zero-order valence-electron chi connectivity index (χ0n) is 11.2. The Labute approximate surface area is 115 Å². The van der Waals surface area contributed by atoms with Gasteiger partial charge in [-0.05, 0) is 55.3 Å². The molecule has 3 rings (SSSR count). The van der Waals surface area contributed by atoms with E-state index in [0.29, 0.717) is 0 Å². The molecule has 1 aromatic carbocycles. The third kappa shape index (κ3) is 2.75. The van der Waals surface area contributed by atoms with Gasteiger partial charge < -0.3 is 5.32 Å².